The third kappa shape index (κ3) is 3.05. The zero-order chi connectivity index (χ0) is 15.7. The van der Waals surface area contributed by atoms with Crippen molar-refractivity contribution < 1.29 is 9.52 Å². The zero-order valence-corrected chi connectivity index (χ0v) is 13.2. The maximum absolute atomic E-state index is 9.02. The number of imidazole rings is 1. The molecule has 2 N–H and O–H groups in total. The van der Waals surface area contributed by atoms with Gasteiger partial charge in [0.1, 0.15) is 24.0 Å². The fraction of sp³-hybridized carbons (Fsp3) is 0.353. The average Bonchev–Trinajstić information content (AvgIpc) is 3.05. The Hall–Kier alpha value is -2.11. The van der Waals surface area contributed by atoms with Crippen molar-refractivity contribution in [1.29, 1.82) is 0 Å². The maximum Gasteiger partial charge on any atom is 0.129 e. The molecular formula is C17H21N3O2. The Morgan fingerprint density at radius 1 is 1.14 bits per heavy atom. The number of rotatable bonds is 5. The summed E-state index contributed by atoms with van der Waals surface area (Å²) in [7, 11) is 2.02. The summed E-state index contributed by atoms with van der Waals surface area (Å²) in [5.74, 6) is 2.38. The van der Waals surface area contributed by atoms with Crippen LogP contribution in [0.15, 0.2) is 28.7 Å². The van der Waals surface area contributed by atoms with E-state index in [1.165, 1.54) is 11.1 Å². The van der Waals surface area contributed by atoms with Crippen LogP contribution < -0.4 is 0 Å². The second-order valence-corrected chi connectivity index (χ2v) is 5.84. The van der Waals surface area contributed by atoms with Gasteiger partial charge in [-0.3, -0.25) is 4.90 Å². The molecule has 0 atom stereocenters. The number of aliphatic hydroxyl groups excluding tert-OH is 1. The molecule has 3 rings (SSSR count). The first-order valence-electron chi connectivity index (χ1n) is 7.38. The minimum Gasteiger partial charge on any atom is -0.462 e. The van der Waals surface area contributed by atoms with Gasteiger partial charge in [-0.15, -0.1) is 0 Å². The molecule has 0 aliphatic heterocycles. The number of hydrogen-bond acceptors (Lipinski definition) is 4. The molecule has 0 aliphatic rings. The van der Waals surface area contributed by atoms with Crippen LogP contribution in [0.1, 0.15) is 28.5 Å². The van der Waals surface area contributed by atoms with Gasteiger partial charge in [0.2, 0.25) is 0 Å². The molecule has 2 heterocycles. The van der Waals surface area contributed by atoms with Gasteiger partial charge in [0.25, 0.3) is 0 Å². The van der Waals surface area contributed by atoms with E-state index >= 15 is 0 Å². The van der Waals surface area contributed by atoms with Crippen LogP contribution in [0, 0.1) is 13.8 Å². The van der Waals surface area contributed by atoms with E-state index in [0.29, 0.717) is 18.8 Å². The van der Waals surface area contributed by atoms with Crippen LogP contribution in [0.5, 0.6) is 0 Å². The summed E-state index contributed by atoms with van der Waals surface area (Å²) in [4.78, 5) is 10.1. The Morgan fingerprint density at radius 2 is 1.86 bits per heavy atom. The minimum atomic E-state index is -0.0635. The largest absolute Gasteiger partial charge is 0.462 e. The van der Waals surface area contributed by atoms with E-state index in [0.717, 1.165) is 22.6 Å². The average molecular weight is 299 g/mol. The second-order valence-electron chi connectivity index (χ2n) is 5.84. The quantitative estimate of drug-likeness (QED) is 0.760. The Kier molecular flexibility index (Phi) is 4.00. The lowest BCUT2D eigenvalue weighted by molar-refractivity contribution is 0.230. The molecule has 2 aromatic heterocycles. The molecule has 1 aromatic carbocycles. The van der Waals surface area contributed by atoms with Crippen LogP contribution in [0.3, 0.4) is 0 Å². The summed E-state index contributed by atoms with van der Waals surface area (Å²) >= 11 is 0. The lowest BCUT2D eigenvalue weighted by Crippen LogP contribution is -2.17. The van der Waals surface area contributed by atoms with Crippen molar-refractivity contribution in [3.8, 4) is 0 Å². The van der Waals surface area contributed by atoms with Gasteiger partial charge < -0.3 is 14.5 Å². The lowest BCUT2D eigenvalue weighted by atomic mass is 10.1. The number of aromatic nitrogens is 2. The van der Waals surface area contributed by atoms with Gasteiger partial charge in [0.05, 0.1) is 24.1 Å². The zero-order valence-electron chi connectivity index (χ0n) is 13.2. The molecule has 0 saturated heterocycles. The fourth-order valence-electron chi connectivity index (χ4n) is 2.57. The normalized spacial score (nSPS) is 11.7. The first kappa shape index (κ1) is 14.8. The predicted octanol–water partition coefficient (Wildman–Crippen LogP) is 2.90. The molecule has 116 valence electrons. The van der Waals surface area contributed by atoms with E-state index in [4.69, 9.17) is 9.52 Å². The van der Waals surface area contributed by atoms with Crippen molar-refractivity contribution in [1.82, 2.24) is 14.9 Å². The smallest absolute Gasteiger partial charge is 0.129 e. The molecule has 5 nitrogen and oxygen atoms in total. The summed E-state index contributed by atoms with van der Waals surface area (Å²) in [5.41, 5.74) is 4.60. The van der Waals surface area contributed by atoms with E-state index in [1.54, 1.807) is 6.07 Å². The van der Waals surface area contributed by atoms with Crippen molar-refractivity contribution >= 4 is 11.0 Å². The molecule has 0 saturated carbocycles. The lowest BCUT2D eigenvalue weighted by Gasteiger charge is -2.12. The molecule has 0 spiro atoms. The van der Waals surface area contributed by atoms with Crippen LogP contribution in [-0.4, -0.2) is 27.0 Å². The van der Waals surface area contributed by atoms with Gasteiger partial charge in [-0.2, -0.15) is 0 Å². The van der Waals surface area contributed by atoms with Gasteiger partial charge in [-0.05, 0) is 56.3 Å². The fourth-order valence-corrected chi connectivity index (χ4v) is 2.57. The maximum atomic E-state index is 9.02. The number of nitrogens with zero attached hydrogens (tertiary/aromatic N) is 2. The highest BCUT2D eigenvalue weighted by molar-refractivity contribution is 5.77. The van der Waals surface area contributed by atoms with Crippen molar-refractivity contribution in [3.05, 3.63) is 52.7 Å². The molecule has 22 heavy (non-hydrogen) atoms. The number of aliphatic hydroxyl groups is 1. The number of fused-ring (bicyclic) bond motifs is 1. The van der Waals surface area contributed by atoms with Gasteiger partial charge in [0.15, 0.2) is 0 Å². The third-order valence-electron chi connectivity index (χ3n) is 3.86. The number of H-pyrrole nitrogens is 1. The van der Waals surface area contributed by atoms with Gasteiger partial charge in [-0.25, -0.2) is 4.98 Å². The highest BCUT2D eigenvalue weighted by Gasteiger charge is 2.09. The molecule has 5 heteroatoms. The van der Waals surface area contributed by atoms with Crippen molar-refractivity contribution in [3.63, 3.8) is 0 Å². The molecule has 0 bridgehead atoms. The number of aromatic amines is 1. The van der Waals surface area contributed by atoms with E-state index < -0.39 is 0 Å². The molecular weight excluding hydrogens is 278 g/mol. The molecule has 0 unspecified atom stereocenters. The van der Waals surface area contributed by atoms with Crippen molar-refractivity contribution in [2.45, 2.75) is 33.5 Å². The van der Waals surface area contributed by atoms with Gasteiger partial charge >= 0.3 is 0 Å². The van der Waals surface area contributed by atoms with Crippen molar-refractivity contribution in [2.24, 2.45) is 0 Å². The van der Waals surface area contributed by atoms with E-state index in [9.17, 15) is 0 Å². The molecule has 0 aliphatic carbocycles. The van der Waals surface area contributed by atoms with Crippen LogP contribution in [0.25, 0.3) is 11.0 Å². The molecule has 3 aromatic rings. The van der Waals surface area contributed by atoms with E-state index in [1.807, 2.05) is 13.1 Å². The Labute approximate surface area is 129 Å². The molecule has 0 radical (unpaired) electrons. The van der Waals surface area contributed by atoms with Gasteiger partial charge in [0, 0.05) is 0 Å². The van der Waals surface area contributed by atoms with E-state index in [2.05, 4.69) is 40.8 Å². The number of hydrogen-bond donors (Lipinski definition) is 2. The molecule has 0 amide bonds. The van der Waals surface area contributed by atoms with E-state index in [-0.39, 0.29) is 6.61 Å². The first-order chi connectivity index (χ1) is 10.5. The Bertz CT molecular complexity index is 749. The van der Waals surface area contributed by atoms with Crippen LogP contribution in [0.4, 0.5) is 0 Å². The van der Waals surface area contributed by atoms with Crippen molar-refractivity contribution in [2.75, 3.05) is 7.05 Å². The van der Waals surface area contributed by atoms with Gasteiger partial charge in [-0.1, -0.05) is 0 Å². The second kappa shape index (κ2) is 5.94. The highest BCUT2D eigenvalue weighted by Crippen LogP contribution is 2.18. The first-order valence-corrected chi connectivity index (χ1v) is 7.38. The number of benzene rings is 1. The third-order valence-corrected chi connectivity index (χ3v) is 3.86. The Balaban J connectivity index is 1.72. The summed E-state index contributed by atoms with van der Waals surface area (Å²) in [6.45, 7) is 5.53. The minimum absolute atomic E-state index is 0.0635. The summed E-state index contributed by atoms with van der Waals surface area (Å²) in [6.07, 6.45) is 0. The monoisotopic (exact) mass is 299 g/mol. The van der Waals surface area contributed by atoms with Crippen LogP contribution >= 0.6 is 0 Å². The summed E-state index contributed by atoms with van der Waals surface area (Å²) in [6, 6.07) is 7.95. The number of nitrogens with one attached hydrogen (secondary N) is 1. The summed E-state index contributed by atoms with van der Waals surface area (Å²) < 4.78 is 5.51. The Morgan fingerprint density at radius 3 is 2.59 bits per heavy atom. The van der Waals surface area contributed by atoms with Crippen LogP contribution in [-0.2, 0) is 19.7 Å². The summed E-state index contributed by atoms with van der Waals surface area (Å²) in [5, 5.41) is 9.02. The SMILES string of the molecule is Cc1cc2nc(CN(C)Cc3ccc(CO)o3)[nH]c2cc1C. The topological polar surface area (TPSA) is 65.3 Å². The van der Waals surface area contributed by atoms with Crippen LogP contribution in [0.2, 0.25) is 0 Å². The predicted molar refractivity (Wildman–Crippen MR) is 85.4 cm³/mol. The standard InChI is InChI=1S/C17H21N3O2/c1-11-6-15-16(7-12(11)2)19-17(18-15)9-20(3)8-13-4-5-14(10-21)22-13/h4-7,21H,8-10H2,1-3H3,(H,18,19). The highest BCUT2D eigenvalue weighted by atomic mass is 16.4. The molecule has 0 fully saturated rings. The number of furan rings is 1. The number of aryl methyl sites for hydroxylation is 2.